The van der Waals surface area contributed by atoms with Crippen molar-refractivity contribution < 1.29 is 36.1 Å². The van der Waals surface area contributed by atoms with E-state index in [9.17, 15) is 4.79 Å². The van der Waals surface area contributed by atoms with E-state index in [1.807, 2.05) is 0 Å². The van der Waals surface area contributed by atoms with Crippen LogP contribution in [0.5, 0.6) is 0 Å². The number of hydrogen-bond acceptors (Lipinski definition) is 2. The molecule has 9 heavy (non-hydrogen) atoms. The van der Waals surface area contributed by atoms with Crippen LogP contribution in [0.4, 0.5) is 0 Å². The number of aliphatic hydroxyl groups is 1. The van der Waals surface area contributed by atoms with Crippen molar-refractivity contribution in [2.75, 3.05) is 6.61 Å². The van der Waals surface area contributed by atoms with Crippen molar-refractivity contribution in [3.8, 4) is 0 Å². The zero-order valence-corrected chi connectivity index (χ0v) is 8.14. The Morgan fingerprint density at radius 3 is 2.00 bits per heavy atom. The minimum atomic E-state index is -1.09. The number of carboxylic acids is 1. The summed E-state index contributed by atoms with van der Waals surface area (Å²) in [7, 11) is 0. The van der Waals surface area contributed by atoms with E-state index in [0.717, 1.165) is 6.42 Å². The first-order chi connectivity index (χ1) is 3.77. The van der Waals surface area contributed by atoms with Gasteiger partial charge < -0.3 is 17.1 Å². The fraction of sp³-hybridized carbons (Fsp3) is 0.400. The van der Waals surface area contributed by atoms with Crippen LogP contribution >= 0.6 is 0 Å². The third-order valence-corrected chi connectivity index (χ3v) is 0.266. The molecule has 0 fully saturated rings. The molecule has 0 bridgehead atoms. The molecule has 54 valence electrons. The molecule has 0 saturated heterocycles. The largest absolute Gasteiger partial charge is 2.00 e. The van der Waals surface area contributed by atoms with E-state index >= 15 is 0 Å². The standard InChI is InChI=1S/C3H5O3.C2H5.W/c4-2-1-3(5)6;1-2;/h1,4H,2H2,(H,5,6);1H2,2H3;/q2*-1;+2. The van der Waals surface area contributed by atoms with Crippen LogP contribution in [0.1, 0.15) is 6.92 Å². The van der Waals surface area contributed by atoms with E-state index in [1.54, 1.807) is 6.92 Å². The fourth-order valence-electron chi connectivity index (χ4n) is 0.0781. The Balaban J connectivity index is -0.000000109. The van der Waals surface area contributed by atoms with E-state index in [2.05, 4.69) is 6.92 Å². The van der Waals surface area contributed by atoms with Crippen LogP contribution in [0.25, 0.3) is 0 Å². The number of aliphatic hydroxyl groups excluding tert-OH is 1. The number of rotatable bonds is 2. The summed E-state index contributed by atoms with van der Waals surface area (Å²) >= 11 is 0. The molecule has 0 aliphatic heterocycles. The molecule has 0 atom stereocenters. The van der Waals surface area contributed by atoms with Crippen molar-refractivity contribution in [1.82, 2.24) is 0 Å². The summed E-state index contributed by atoms with van der Waals surface area (Å²) in [5.41, 5.74) is 0. The summed E-state index contributed by atoms with van der Waals surface area (Å²) in [4.78, 5) is 9.38. The molecule has 0 spiro atoms. The number of carboxylic acid groups (broad SMARTS) is 1. The average molecular weight is 302 g/mol. The monoisotopic (exact) mass is 302 g/mol. The Labute approximate surface area is 69.3 Å². The van der Waals surface area contributed by atoms with E-state index in [-0.39, 0.29) is 21.1 Å². The molecule has 0 unspecified atom stereocenters. The molecule has 0 heterocycles. The molecule has 0 aromatic heterocycles. The first kappa shape index (κ1) is 16.0. The predicted octanol–water partition coefficient (Wildman–Crippen LogP) is 0.105. The Bertz CT molecular complexity index is 56.2. The van der Waals surface area contributed by atoms with Gasteiger partial charge in [-0.25, -0.2) is 0 Å². The van der Waals surface area contributed by atoms with Crippen LogP contribution in [-0.2, 0) is 25.9 Å². The third kappa shape index (κ3) is 32.1. The van der Waals surface area contributed by atoms with Crippen LogP contribution in [0, 0.1) is 13.3 Å². The van der Waals surface area contributed by atoms with Crippen molar-refractivity contribution in [3.63, 3.8) is 0 Å². The molecule has 0 radical (unpaired) electrons. The number of carbonyl (C=O) groups is 1. The fourth-order valence-corrected chi connectivity index (χ4v) is 0.0781. The van der Waals surface area contributed by atoms with Gasteiger partial charge in [-0.1, -0.05) is 6.61 Å². The van der Waals surface area contributed by atoms with Gasteiger partial charge in [0.05, 0.1) is 0 Å². The summed E-state index contributed by atoms with van der Waals surface area (Å²) in [6, 6.07) is 0. The van der Waals surface area contributed by atoms with Gasteiger partial charge in [0.2, 0.25) is 0 Å². The minimum absolute atomic E-state index is 0. The Kier molecular flexibility index (Phi) is 27.9. The van der Waals surface area contributed by atoms with Crippen molar-refractivity contribution in [1.29, 1.82) is 0 Å². The molecule has 4 heteroatoms. The normalized spacial score (nSPS) is 5.67. The Morgan fingerprint density at radius 2 is 2.00 bits per heavy atom. The third-order valence-electron chi connectivity index (χ3n) is 0.266. The predicted molar refractivity (Wildman–Crippen MR) is 30.1 cm³/mol. The van der Waals surface area contributed by atoms with Gasteiger partial charge in [-0.2, -0.15) is 6.92 Å². The molecule has 0 amide bonds. The van der Waals surface area contributed by atoms with E-state index in [4.69, 9.17) is 10.2 Å². The Morgan fingerprint density at radius 1 is 1.67 bits per heavy atom. The maximum absolute atomic E-state index is 9.38. The van der Waals surface area contributed by atoms with Gasteiger partial charge in [0.15, 0.2) is 5.97 Å². The summed E-state index contributed by atoms with van der Waals surface area (Å²) < 4.78 is 0. The van der Waals surface area contributed by atoms with Gasteiger partial charge in [0.1, 0.15) is 0 Å². The SMILES string of the molecule is O=C(O)[CH-]CO.[CH2-]C.[W+2]. The van der Waals surface area contributed by atoms with Crippen molar-refractivity contribution in [2.45, 2.75) is 6.92 Å². The molecule has 0 rings (SSSR count). The van der Waals surface area contributed by atoms with Crippen LogP contribution in [-0.4, -0.2) is 22.8 Å². The zero-order valence-electron chi connectivity index (χ0n) is 5.20. The van der Waals surface area contributed by atoms with Crippen LogP contribution < -0.4 is 0 Å². The maximum Gasteiger partial charge on any atom is 2.00 e. The zero-order chi connectivity index (χ0) is 6.99. The topological polar surface area (TPSA) is 57.5 Å². The van der Waals surface area contributed by atoms with Crippen molar-refractivity contribution in [2.24, 2.45) is 0 Å². The second-order valence-electron chi connectivity index (χ2n) is 0.725. The molecule has 0 aliphatic carbocycles. The average Bonchev–Trinajstić information content (AvgIpc) is 1.72. The molecule has 0 aliphatic rings. The maximum atomic E-state index is 9.38. The number of aliphatic carboxylic acids is 1. The van der Waals surface area contributed by atoms with Gasteiger partial charge in [-0.05, 0) is 0 Å². The van der Waals surface area contributed by atoms with E-state index in [1.165, 1.54) is 0 Å². The molecule has 0 saturated carbocycles. The minimum Gasteiger partial charge on any atom is -0.503 e. The summed E-state index contributed by atoms with van der Waals surface area (Å²) in [5, 5.41) is 15.5. The molecule has 3 nitrogen and oxygen atoms in total. The van der Waals surface area contributed by atoms with Crippen LogP contribution in [0.3, 0.4) is 0 Å². The number of hydrogen-bond donors (Lipinski definition) is 2. The van der Waals surface area contributed by atoms with Gasteiger partial charge in [-0.3, -0.25) is 11.2 Å². The van der Waals surface area contributed by atoms with Gasteiger partial charge >= 0.3 is 21.1 Å². The molecule has 2 N–H and O–H groups in total. The molecule has 0 aromatic carbocycles. The van der Waals surface area contributed by atoms with Crippen LogP contribution in [0.2, 0.25) is 0 Å². The first-order valence-corrected chi connectivity index (χ1v) is 2.15. The van der Waals surface area contributed by atoms with Gasteiger partial charge in [0.25, 0.3) is 0 Å². The molecular formula is C5H10O3W. The summed E-state index contributed by atoms with van der Waals surface area (Å²) in [5.74, 6) is -1.09. The van der Waals surface area contributed by atoms with Gasteiger partial charge in [-0.15, -0.1) is 0 Å². The molecular weight excluding hydrogens is 292 g/mol. The second kappa shape index (κ2) is 15.7. The summed E-state index contributed by atoms with van der Waals surface area (Å²) in [6.45, 7) is 4.61. The van der Waals surface area contributed by atoms with E-state index in [0.29, 0.717) is 0 Å². The quantitative estimate of drug-likeness (QED) is 0.712. The van der Waals surface area contributed by atoms with Crippen LogP contribution in [0.15, 0.2) is 0 Å². The van der Waals surface area contributed by atoms with Crippen molar-refractivity contribution in [3.05, 3.63) is 13.3 Å². The van der Waals surface area contributed by atoms with Gasteiger partial charge in [0, 0.05) is 0 Å². The Hall–Kier alpha value is -0.0117. The first-order valence-electron chi connectivity index (χ1n) is 2.15. The second-order valence-corrected chi connectivity index (χ2v) is 0.725. The summed E-state index contributed by atoms with van der Waals surface area (Å²) in [6.07, 6.45) is 0.764. The smallest absolute Gasteiger partial charge is 0.503 e. The van der Waals surface area contributed by atoms with Crippen molar-refractivity contribution >= 4 is 5.97 Å². The van der Waals surface area contributed by atoms with E-state index < -0.39 is 12.6 Å². The molecule has 0 aromatic rings.